The lowest BCUT2D eigenvalue weighted by Crippen LogP contribution is -2.38. The van der Waals surface area contributed by atoms with Crippen molar-refractivity contribution in [3.8, 4) is 0 Å². The van der Waals surface area contributed by atoms with Crippen LogP contribution in [0.5, 0.6) is 0 Å². The van der Waals surface area contributed by atoms with Crippen LogP contribution >= 0.6 is 15.9 Å². The predicted octanol–water partition coefficient (Wildman–Crippen LogP) is 3.18. The molecule has 0 bridgehead atoms. The number of ketones is 1. The van der Waals surface area contributed by atoms with Crippen molar-refractivity contribution in [3.05, 3.63) is 28.2 Å². The van der Waals surface area contributed by atoms with Gasteiger partial charge in [0.15, 0.2) is 5.78 Å². The first-order valence-corrected chi connectivity index (χ1v) is 7.50. The molecular formula is C15H21BrN2O. The van der Waals surface area contributed by atoms with Gasteiger partial charge in [0.25, 0.3) is 0 Å². The number of benzene rings is 1. The van der Waals surface area contributed by atoms with Gasteiger partial charge in [-0.05, 0) is 52.1 Å². The Kier molecular flexibility index (Phi) is 4.63. The number of Topliss-reactive ketones (excluding diaryl/α,β-unsaturated/α-hetero) is 1. The van der Waals surface area contributed by atoms with Crippen LogP contribution in [0, 0.1) is 0 Å². The molecule has 1 aromatic carbocycles. The van der Waals surface area contributed by atoms with Crippen molar-refractivity contribution in [2.75, 3.05) is 32.1 Å². The smallest absolute Gasteiger partial charge is 0.161 e. The van der Waals surface area contributed by atoms with Crippen molar-refractivity contribution in [2.45, 2.75) is 25.8 Å². The summed E-state index contributed by atoms with van der Waals surface area (Å²) in [5, 5.41) is 0. The lowest BCUT2D eigenvalue weighted by Gasteiger charge is -2.30. The molecule has 1 heterocycles. The van der Waals surface area contributed by atoms with Crippen molar-refractivity contribution in [1.82, 2.24) is 4.90 Å². The zero-order chi connectivity index (χ0) is 14.0. The van der Waals surface area contributed by atoms with Gasteiger partial charge in [-0.3, -0.25) is 4.79 Å². The Bertz CT molecular complexity index is 473. The molecular weight excluding hydrogens is 304 g/mol. The van der Waals surface area contributed by atoms with Crippen LogP contribution in [-0.2, 0) is 0 Å². The second kappa shape index (κ2) is 6.06. The number of rotatable bonds is 4. The molecule has 0 aliphatic carbocycles. The fourth-order valence-corrected chi connectivity index (χ4v) is 3.17. The lowest BCUT2D eigenvalue weighted by atomic mass is 10.1. The Balaban J connectivity index is 2.32. The number of anilines is 1. The van der Waals surface area contributed by atoms with Gasteiger partial charge in [0.1, 0.15) is 0 Å². The molecule has 4 heteroatoms. The molecule has 2 rings (SSSR count). The quantitative estimate of drug-likeness (QED) is 0.795. The molecule has 3 nitrogen and oxygen atoms in total. The van der Waals surface area contributed by atoms with E-state index in [-0.39, 0.29) is 5.78 Å². The van der Waals surface area contributed by atoms with Gasteiger partial charge < -0.3 is 9.80 Å². The van der Waals surface area contributed by atoms with Crippen LogP contribution in [0.25, 0.3) is 0 Å². The van der Waals surface area contributed by atoms with Crippen LogP contribution in [0.2, 0.25) is 0 Å². The van der Waals surface area contributed by atoms with E-state index in [2.05, 4.69) is 45.9 Å². The maximum absolute atomic E-state index is 11.8. The summed E-state index contributed by atoms with van der Waals surface area (Å²) in [5.41, 5.74) is 1.90. The molecule has 1 aliphatic heterocycles. The third-order valence-electron chi connectivity index (χ3n) is 3.60. The number of nitrogens with zero attached hydrogens (tertiary/aromatic N) is 2. The van der Waals surface area contributed by atoms with Gasteiger partial charge in [-0.1, -0.05) is 15.9 Å². The highest BCUT2D eigenvalue weighted by Crippen LogP contribution is 2.31. The fourth-order valence-electron chi connectivity index (χ4n) is 2.80. The van der Waals surface area contributed by atoms with E-state index in [1.54, 1.807) is 6.92 Å². The highest BCUT2D eigenvalue weighted by atomic mass is 79.9. The van der Waals surface area contributed by atoms with E-state index in [0.717, 1.165) is 28.8 Å². The van der Waals surface area contributed by atoms with Crippen LogP contribution in [0.3, 0.4) is 0 Å². The lowest BCUT2D eigenvalue weighted by molar-refractivity contribution is 0.101. The molecule has 1 aliphatic rings. The second-order valence-corrected chi connectivity index (χ2v) is 6.39. The first-order valence-electron chi connectivity index (χ1n) is 6.71. The van der Waals surface area contributed by atoms with Crippen molar-refractivity contribution in [2.24, 2.45) is 0 Å². The molecule has 19 heavy (non-hydrogen) atoms. The van der Waals surface area contributed by atoms with Crippen LogP contribution in [0.1, 0.15) is 30.1 Å². The second-order valence-electron chi connectivity index (χ2n) is 5.47. The summed E-state index contributed by atoms with van der Waals surface area (Å²) in [7, 11) is 4.20. The third kappa shape index (κ3) is 3.37. The Morgan fingerprint density at radius 1 is 1.47 bits per heavy atom. The van der Waals surface area contributed by atoms with E-state index in [1.807, 2.05) is 12.1 Å². The number of likely N-dealkylation sites (N-methyl/N-ethyl adjacent to an activating group) is 1. The summed E-state index contributed by atoms with van der Waals surface area (Å²) in [6.45, 7) is 3.72. The normalized spacial score (nSPS) is 19.2. The molecule has 0 aromatic heterocycles. The average Bonchev–Trinajstić information content (AvgIpc) is 2.76. The first-order chi connectivity index (χ1) is 8.99. The minimum Gasteiger partial charge on any atom is -0.367 e. The number of hydrogen-bond acceptors (Lipinski definition) is 3. The van der Waals surface area contributed by atoms with Gasteiger partial charge in [-0.25, -0.2) is 0 Å². The standard InChI is InChI=1S/C15H21BrN2O/c1-11(19)14-9-12(16)6-7-15(14)18-8-4-5-13(18)10-17(2)3/h6-7,9,13H,4-5,8,10H2,1-3H3. The molecule has 1 saturated heterocycles. The Morgan fingerprint density at radius 3 is 2.84 bits per heavy atom. The Labute approximate surface area is 123 Å². The van der Waals surface area contributed by atoms with Gasteiger partial charge in [0.05, 0.1) is 0 Å². The van der Waals surface area contributed by atoms with Crippen molar-refractivity contribution < 1.29 is 4.79 Å². The largest absolute Gasteiger partial charge is 0.367 e. The average molecular weight is 325 g/mol. The summed E-state index contributed by atoms with van der Waals surface area (Å²) in [6.07, 6.45) is 2.40. The van der Waals surface area contributed by atoms with Crippen LogP contribution in [0.4, 0.5) is 5.69 Å². The SMILES string of the molecule is CC(=O)c1cc(Br)ccc1N1CCCC1CN(C)C. The summed E-state index contributed by atoms with van der Waals surface area (Å²) in [5.74, 6) is 0.131. The van der Waals surface area contributed by atoms with E-state index in [9.17, 15) is 4.79 Å². The summed E-state index contributed by atoms with van der Waals surface area (Å²) in [6, 6.07) is 6.53. The summed E-state index contributed by atoms with van der Waals surface area (Å²) < 4.78 is 0.963. The van der Waals surface area contributed by atoms with Crippen LogP contribution in [-0.4, -0.2) is 43.9 Å². The number of carbonyl (C=O) groups is 1. The fraction of sp³-hybridized carbons (Fsp3) is 0.533. The van der Waals surface area contributed by atoms with E-state index in [1.165, 1.54) is 12.8 Å². The van der Waals surface area contributed by atoms with Gasteiger partial charge in [-0.15, -0.1) is 0 Å². The molecule has 0 N–H and O–H groups in total. The van der Waals surface area contributed by atoms with E-state index >= 15 is 0 Å². The molecule has 0 saturated carbocycles. The minimum atomic E-state index is 0.131. The molecule has 1 atom stereocenters. The molecule has 1 unspecified atom stereocenters. The van der Waals surface area contributed by atoms with Crippen LogP contribution < -0.4 is 4.90 Å². The maximum Gasteiger partial charge on any atom is 0.161 e. The topological polar surface area (TPSA) is 23.6 Å². The summed E-state index contributed by atoms with van der Waals surface area (Å²) in [4.78, 5) is 16.5. The monoisotopic (exact) mass is 324 g/mol. The van der Waals surface area contributed by atoms with Gasteiger partial charge in [0, 0.05) is 34.9 Å². The first kappa shape index (κ1) is 14.5. The number of carbonyl (C=O) groups excluding carboxylic acids is 1. The van der Waals surface area contributed by atoms with Gasteiger partial charge in [-0.2, -0.15) is 0 Å². The van der Waals surface area contributed by atoms with Crippen molar-refractivity contribution in [3.63, 3.8) is 0 Å². The highest BCUT2D eigenvalue weighted by Gasteiger charge is 2.27. The van der Waals surface area contributed by atoms with E-state index < -0.39 is 0 Å². The van der Waals surface area contributed by atoms with E-state index in [4.69, 9.17) is 0 Å². The zero-order valence-electron chi connectivity index (χ0n) is 11.8. The minimum absolute atomic E-state index is 0.131. The Morgan fingerprint density at radius 2 is 2.21 bits per heavy atom. The Hall–Kier alpha value is -0.870. The molecule has 0 radical (unpaired) electrons. The highest BCUT2D eigenvalue weighted by molar-refractivity contribution is 9.10. The van der Waals surface area contributed by atoms with E-state index in [0.29, 0.717) is 6.04 Å². The molecule has 0 spiro atoms. The molecule has 104 valence electrons. The van der Waals surface area contributed by atoms with Crippen LogP contribution in [0.15, 0.2) is 22.7 Å². The zero-order valence-corrected chi connectivity index (χ0v) is 13.4. The number of halogens is 1. The molecule has 1 aromatic rings. The summed E-state index contributed by atoms with van der Waals surface area (Å²) >= 11 is 3.45. The predicted molar refractivity (Wildman–Crippen MR) is 83.1 cm³/mol. The van der Waals surface area contributed by atoms with Gasteiger partial charge in [0.2, 0.25) is 0 Å². The van der Waals surface area contributed by atoms with Crippen molar-refractivity contribution >= 4 is 27.4 Å². The third-order valence-corrected chi connectivity index (χ3v) is 4.09. The number of hydrogen-bond donors (Lipinski definition) is 0. The maximum atomic E-state index is 11.8. The van der Waals surface area contributed by atoms with Gasteiger partial charge >= 0.3 is 0 Å². The van der Waals surface area contributed by atoms with Crippen molar-refractivity contribution in [1.29, 1.82) is 0 Å². The molecule has 0 amide bonds. The molecule has 1 fully saturated rings.